The number of aromatic nitrogens is 2. The summed E-state index contributed by atoms with van der Waals surface area (Å²) >= 11 is 0. The quantitative estimate of drug-likeness (QED) is 0.252. The fourth-order valence-corrected chi connectivity index (χ4v) is 4.95. The van der Waals surface area contributed by atoms with Crippen LogP contribution >= 0.6 is 0 Å². The lowest BCUT2D eigenvalue weighted by Crippen LogP contribution is -2.22. The first-order valence-electron chi connectivity index (χ1n) is 12.9. The predicted molar refractivity (Wildman–Crippen MR) is 161 cm³/mol. The van der Waals surface area contributed by atoms with Gasteiger partial charge >= 0.3 is 0 Å². The van der Waals surface area contributed by atoms with Gasteiger partial charge in [-0.3, -0.25) is 19.6 Å². The average Bonchev–Trinajstić information content (AvgIpc) is 3.26. The van der Waals surface area contributed by atoms with Crippen LogP contribution in [0.3, 0.4) is 0 Å². The second-order valence-electron chi connectivity index (χ2n) is 8.91. The molecule has 0 saturated heterocycles. The van der Waals surface area contributed by atoms with Gasteiger partial charge in [0.25, 0.3) is 15.9 Å². The number of anilines is 3. The summed E-state index contributed by atoms with van der Waals surface area (Å²) in [6, 6.07) is 14.9. The van der Waals surface area contributed by atoms with Crippen molar-refractivity contribution in [2.75, 3.05) is 22.0 Å². The third-order valence-corrected chi connectivity index (χ3v) is 7.45. The van der Waals surface area contributed by atoms with Crippen LogP contribution in [0.1, 0.15) is 52.9 Å². The average molecular weight is 572 g/mol. The first kappa shape index (κ1) is 30.3. The lowest BCUT2D eigenvalue weighted by molar-refractivity contribution is -0.116. The Bertz CT molecular complexity index is 1640. The summed E-state index contributed by atoms with van der Waals surface area (Å²) in [5.74, 6) is -1.26. The number of imidazole rings is 1. The Morgan fingerprint density at radius 1 is 1.05 bits per heavy atom. The van der Waals surface area contributed by atoms with E-state index < -0.39 is 21.7 Å². The Morgan fingerprint density at radius 3 is 2.35 bits per heavy atom. The summed E-state index contributed by atoms with van der Waals surface area (Å²) in [5, 5.41) is 2.75. The molecule has 1 heterocycles. The molecule has 4 rings (SSSR count). The van der Waals surface area contributed by atoms with Crippen LogP contribution in [0.4, 0.5) is 21.7 Å². The molecule has 0 spiro atoms. The Labute approximate surface area is 237 Å². The summed E-state index contributed by atoms with van der Waals surface area (Å²) in [6.07, 6.45) is 0.769. The normalized spacial score (nSPS) is 11.0. The molecular formula is C29H38FN5O4S. The number of aryl methyl sites for hydroxylation is 2. The molecule has 0 atom stereocenters. The zero-order valence-electron chi connectivity index (χ0n) is 23.4. The topological polar surface area (TPSA) is 113 Å². The van der Waals surface area contributed by atoms with Crippen LogP contribution < -0.4 is 14.9 Å². The van der Waals surface area contributed by atoms with Gasteiger partial charge in [-0.1, -0.05) is 38.5 Å². The van der Waals surface area contributed by atoms with Crippen LogP contribution in [0.15, 0.2) is 65.6 Å². The van der Waals surface area contributed by atoms with Gasteiger partial charge < -0.3 is 9.47 Å². The minimum absolute atomic E-state index is 0. The van der Waals surface area contributed by atoms with Crippen molar-refractivity contribution in [1.29, 1.82) is 0 Å². The minimum atomic E-state index is -4.07. The number of nitrogens with one attached hydrogen (secondary N) is 2. The molecule has 0 bridgehead atoms. The summed E-state index contributed by atoms with van der Waals surface area (Å²) < 4.78 is 44.1. The van der Waals surface area contributed by atoms with Gasteiger partial charge in [0.1, 0.15) is 5.82 Å². The maximum absolute atomic E-state index is 14.5. The monoisotopic (exact) mass is 571 g/mol. The minimum Gasteiger partial charge on any atom is -0.316 e. The molecule has 0 radical (unpaired) electrons. The van der Waals surface area contributed by atoms with Gasteiger partial charge in [-0.05, 0) is 61.9 Å². The number of sulfonamides is 1. The van der Waals surface area contributed by atoms with Gasteiger partial charge in [0.15, 0.2) is 0 Å². The number of nitrogens with zero attached hydrogens (tertiary/aromatic N) is 3. The van der Waals surface area contributed by atoms with Crippen LogP contribution in [0.2, 0.25) is 0 Å². The lowest BCUT2D eigenvalue weighted by Gasteiger charge is -2.14. The predicted octanol–water partition coefficient (Wildman–Crippen LogP) is 6.45. The summed E-state index contributed by atoms with van der Waals surface area (Å²) in [4.78, 5) is 30.9. The highest BCUT2D eigenvalue weighted by Crippen LogP contribution is 2.26. The fourth-order valence-electron chi connectivity index (χ4n) is 3.89. The van der Waals surface area contributed by atoms with E-state index in [4.69, 9.17) is 0 Å². The standard InChI is InChI=1S/C27H28FN5O4S.C2H6.2H2/c1-5-14-33-25-13-9-20(32(4)18(3)34)16-24(25)29-27(33)30-26(35)19-8-12-22(28)23(15-19)31-38(36,37)21-10-6-17(2)7-11-21;1-2;;/h6-13,15-16,31H,5,14H2,1-4H3,(H,29,30,35);1-2H3;2*1H. The first-order chi connectivity index (χ1) is 19.0. The number of amides is 2. The number of benzene rings is 3. The van der Waals surface area contributed by atoms with Crippen LogP contribution in [-0.2, 0) is 21.4 Å². The Hall–Kier alpha value is -4.25. The smallest absolute Gasteiger partial charge is 0.261 e. The van der Waals surface area contributed by atoms with Crippen molar-refractivity contribution in [3.63, 3.8) is 0 Å². The van der Waals surface area contributed by atoms with Gasteiger partial charge in [0.05, 0.1) is 21.6 Å². The highest BCUT2D eigenvalue weighted by molar-refractivity contribution is 7.92. The first-order valence-corrected chi connectivity index (χ1v) is 14.4. The van der Waals surface area contributed by atoms with E-state index in [1.807, 2.05) is 38.3 Å². The molecule has 40 heavy (non-hydrogen) atoms. The largest absolute Gasteiger partial charge is 0.316 e. The van der Waals surface area contributed by atoms with Crippen LogP contribution in [0, 0.1) is 12.7 Å². The zero-order valence-corrected chi connectivity index (χ0v) is 24.3. The van der Waals surface area contributed by atoms with Gasteiger partial charge in [0.2, 0.25) is 11.9 Å². The van der Waals surface area contributed by atoms with E-state index in [9.17, 15) is 22.4 Å². The molecule has 0 aliphatic rings. The second-order valence-corrected chi connectivity index (χ2v) is 10.6. The molecule has 2 N–H and O–H groups in total. The second kappa shape index (κ2) is 12.7. The van der Waals surface area contributed by atoms with Crippen molar-refractivity contribution in [2.45, 2.75) is 52.5 Å². The molecule has 0 unspecified atom stereocenters. The summed E-state index contributed by atoms with van der Waals surface area (Å²) in [7, 11) is -2.41. The molecule has 0 aliphatic carbocycles. The van der Waals surface area contributed by atoms with Crippen molar-refractivity contribution in [3.8, 4) is 0 Å². The molecule has 216 valence electrons. The van der Waals surface area contributed by atoms with E-state index in [-0.39, 0.29) is 30.9 Å². The number of carbonyl (C=O) groups excluding carboxylic acids is 2. The molecule has 11 heteroatoms. The number of rotatable bonds is 8. The van der Waals surface area contributed by atoms with Gasteiger partial charge in [-0.15, -0.1) is 0 Å². The number of hydrogen-bond acceptors (Lipinski definition) is 5. The third-order valence-electron chi connectivity index (χ3n) is 6.07. The Kier molecular flexibility index (Phi) is 9.65. The van der Waals surface area contributed by atoms with E-state index in [1.54, 1.807) is 31.3 Å². The number of fused-ring (bicyclic) bond motifs is 1. The molecule has 0 fully saturated rings. The molecule has 9 nitrogen and oxygen atoms in total. The van der Waals surface area contributed by atoms with Gasteiger partial charge in [-0.25, -0.2) is 17.8 Å². The van der Waals surface area contributed by atoms with E-state index in [2.05, 4.69) is 15.0 Å². The van der Waals surface area contributed by atoms with Crippen molar-refractivity contribution in [3.05, 3.63) is 77.6 Å². The third kappa shape index (κ3) is 6.66. The zero-order chi connectivity index (χ0) is 29.6. The molecule has 1 aromatic heterocycles. The van der Waals surface area contributed by atoms with E-state index >= 15 is 0 Å². The molecule has 0 aliphatic heterocycles. The Morgan fingerprint density at radius 2 is 1.73 bits per heavy atom. The maximum atomic E-state index is 14.5. The molecular weight excluding hydrogens is 533 g/mol. The van der Waals surface area contributed by atoms with E-state index in [0.29, 0.717) is 17.7 Å². The van der Waals surface area contributed by atoms with Crippen molar-refractivity contribution in [2.24, 2.45) is 0 Å². The van der Waals surface area contributed by atoms with Crippen LogP contribution in [-0.4, -0.2) is 36.8 Å². The van der Waals surface area contributed by atoms with Crippen molar-refractivity contribution in [1.82, 2.24) is 9.55 Å². The van der Waals surface area contributed by atoms with Crippen LogP contribution in [0.5, 0.6) is 0 Å². The van der Waals surface area contributed by atoms with Gasteiger partial charge in [-0.2, -0.15) is 0 Å². The molecule has 3 aromatic carbocycles. The maximum Gasteiger partial charge on any atom is 0.261 e. The van der Waals surface area contributed by atoms with Crippen molar-refractivity contribution < 1.29 is 25.3 Å². The summed E-state index contributed by atoms with van der Waals surface area (Å²) in [5.41, 5.74) is 2.59. The number of carbonyl (C=O) groups is 2. The molecule has 2 amide bonds. The highest BCUT2D eigenvalue weighted by atomic mass is 32.2. The molecule has 4 aromatic rings. The fraction of sp³-hybridized carbons (Fsp3) is 0.276. The van der Waals surface area contributed by atoms with E-state index in [1.165, 1.54) is 30.0 Å². The van der Waals surface area contributed by atoms with Gasteiger partial charge in [0, 0.05) is 34.6 Å². The highest BCUT2D eigenvalue weighted by Gasteiger charge is 2.20. The van der Waals surface area contributed by atoms with E-state index in [0.717, 1.165) is 29.6 Å². The molecule has 0 saturated carbocycles. The number of halogens is 1. The van der Waals surface area contributed by atoms with Crippen LogP contribution in [0.25, 0.3) is 11.0 Å². The summed E-state index contributed by atoms with van der Waals surface area (Å²) in [6.45, 7) is 9.84. The number of hydrogen-bond donors (Lipinski definition) is 2. The van der Waals surface area contributed by atoms with Crippen molar-refractivity contribution >= 4 is 50.2 Å². The lowest BCUT2D eigenvalue weighted by atomic mass is 10.2. The SMILES string of the molecule is CC.CCCn1c(NC(=O)c2ccc(F)c(NS(=O)(=O)c3ccc(C)cc3)c2)nc2cc(N(C)C(C)=O)ccc21.[HH].[HH]. The Balaban J connectivity index is 0.00000216.